The number of nitro groups is 1. The van der Waals surface area contributed by atoms with Crippen LogP contribution in [0.3, 0.4) is 0 Å². The number of aliphatic hydroxyl groups is 2. The van der Waals surface area contributed by atoms with Crippen LogP contribution in [0.4, 0.5) is 17.1 Å². The molecule has 1 unspecified atom stereocenters. The summed E-state index contributed by atoms with van der Waals surface area (Å²) in [7, 11) is 0. The molecule has 12 heteroatoms. The van der Waals surface area contributed by atoms with Gasteiger partial charge in [-0.1, -0.05) is 55.5 Å². The number of anilines is 2. The average molecular weight is 668 g/mol. The highest BCUT2D eigenvalue weighted by atomic mass is 16.6. The zero-order valence-electron chi connectivity index (χ0n) is 27.4. The molecule has 4 N–H and O–H groups in total. The minimum absolute atomic E-state index is 0.0196. The van der Waals surface area contributed by atoms with Crippen molar-refractivity contribution < 1.29 is 29.5 Å². The molecule has 0 radical (unpaired) electrons. The summed E-state index contributed by atoms with van der Waals surface area (Å²) in [5, 5.41) is 40.0. The average Bonchev–Trinajstić information content (AvgIpc) is 3.33. The van der Waals surface area contributed by atoms with Crippen molar-refractivity contribution in [3.63, 3.8) is 0 Å². The van der Waals surface area contributed by atoms with Gasteiger partial charge in [-0.3, -0.25) is 24.5 Å². The number of carbonyl (C=O) groups excluding carboxylic acids is 3. The smallest absolute Gasteiger partial charge is 0.269 e. The van der Waals surface area contributed by atoms with Crippen LogP contribution in [-0.4, -0.2) is 63.5 Å². The molecule has 3 heterocycles. The van der Waals surface area contributed by atoms with Crippen LogP contribution in [0.15, 0.2) is 78.9 Å². The molecule has 3 aliphatic heterocycles. The normalized spacial score (nSPS) is 22.5. The SMILES string of the molecule is C[C@H](/C=C/CC(=O)N1Cc2ccccc2C[C@H]1CO)[C@@]1(O)C(=O)N(Cc2cccc(NC(=O)C3CCCNC3)c2)c2ccc([N+](=O)[O-])cc21. The lowest BCUT2D eigenvalue weighted by Crippen LogP contribution is -2.46. The van der Waals surface area contributed by atoms with Gasteiger partial charge >= 0.3 is 0 Å². The summed E-state index contributed by atoms with van der Waals surface area (Å²) in [6, 6.07) is 18.6. The summed E-state index contributed by atoms with van der Waals surface area (Å²) in [6.07, 6.45) is 5.45. The Morgan fingerprint density at radius 2 is 1.94 bits per heavy atom. The van der Waals surface area contributed by atoms with Gasteiger partial charge in [0.05, 0.1) is 35.7 Å². The molecular weight excluding hydrogens is 626 g/mol. The molecule has 0 saturated carbocycles. The highest BCUT2D eigenvalue weighted by Crippen LogP contribution is 2.47. The van der Waals surface area contributed by atoms with Gasteiger partial charge in [-0.05, 0) is 60.7 Å². The summed E-state index contributed by atoms with van der Waals surface area (Å²) in [6.45, 7) is 3.40. The molecule has 12 nitrogen and oxygen atoms in total. The third-order valence-corrected chi connectivity index (χ3v) is 9.93. The lowest BCUT2D eigenvalue weighted by Gasteiger charge is -2.36. The van der Waals surface area contributed by atoms with Crippen LogP contribution in [0.1, 0.15) is 48.4 Å². The molecule has 0 bridgehead atoms. The minimum atomic E-state index is -2.14. The second-order valence-electron chi connectivity index (χ2n) is 13.1. The van der Waals surface area contributed by atoms with E-state index in [1.54, 1.807) is 48.2 Å². The van der Waals surface area contributed by atoms with Gasteiger partial charge in [-0.15, -0.1) is 0 Å². The summed E-state index contributed by atoms with van der Waals surface area (Å²) < 4.78 is 0. The van der Waals surface area contributed by atoms with Crippen LogP contribution >= 0.6 is 0 Å². The number of piperidine rings is 1. The fourth-order valence-corrected chi connectivity index (χ4v) is 7.13. The Labute approximate surface area is 284 Å². The molecule has 49 heavy (non-hydrogen) atoms. The standard InChI is InChI=1S/C37H41N5O7/c1-24(7-4-13-34(44)40-22-28-10-3-2-9-26(28)18-31(40)23-43)37(47)32-19-30(42(48)49)14-15-33(32)41(36(37)46)21-25-8-5-12-29(17-25)39-35(45)27-11-6-16-38-20-27/h2-5,7-10,12,14-15,17,19,24,27,31,38,43,47H,6,11,13,16,18,20-23H2,1H3,(H,39,45)/b7-4+/t24-,27?,31+,37+/m1/s1. The van der Waals surface area contributed by atoms with Gasteiger partial charge in [0.2, 0.25) is 11.8 Å². The van der Waals surface area contributed by atoms with Gasteiger partial charge in [0.25, 0.3) is 11.6 Å². The van der Waals surface area contributed by atoms with Crippen LogP contribution < -0.4 is 15.5 Å². The monoisotopic (exact) mass is 667 g/mol. The number of carbonyl (C=O) groups is 3. The Hall–Kier alpha value is -4.91. The minimum Gasteiger partial charge on any atom is -0.394 e. The van der Waals surface area contributed by atoms with E-state index in [-0.39, 0.29) is 54.6 Å². The van der Waals surface area contributed by atoms with Crippen molar-refractivity contribution in [2.45, 2.75) is 57.3 Å². The van der Waals surface area contributed by atoms with E-state index < -0.39 is 22.3 Å². The molecule has 6 rings (SSSR count). The Balaban J connectivity index is 1.20. The van der Waals surface area contributed by atoms with E-state index in [9.17, 15) is 34.7 Å². The van der Waals surface area contributed by atoms with E-state index in [0.29, 0.717) is 36.4 Å². The largest absolute Gasteiger partial charge is 0.394 e. The van der Waals surface area contributed by atoms with E-state index in [1.165, 1.54) is 23.1 Å². The number of non-ortho nitro benzene ring substituents is 1. The molecule has 3 aliphatic rings. The molecule has 1 fully saturated rings. The first-order valence-electron chi connectivity index (χ1n) is 16.7. The van der Waals surface area contributed by atoms with Crippen LogP contribution in [0.5, 0.6) is 0 Å². The van der Waals surface area contributed by atoms with Crippen LogP contribution in [-0.2, 0) is 39.5 Å². The van der Waals surface area contributed by atoms with Crippen molar-refractivity contribution in [2.24, 2.45) is 11.8 Å². The van der Waals surface area contributed by atoms with Gasteiger partial charge in [0.1, 0.15) is 0 Å². The lowest BCUT2D eigenvalue weighted by atomic mass is 9.82. The first kappa shape index (κ1) is 34.0. The summed E-state index contributed by atoms with van der Waals surface area (Å²) in [5.41, 5.74) is 1.45. The highest BCUT2D eigenvalue weighted by Gasteiger charge is 2.53. The number of amides is 3. The maximum atomic E-state index is 14.1. The number of hydrogen-bond donors (Lipinski definition) is 4. The first-order valence-corrected chi connectivity index (χ1v) is 16.7. The lowest BCUT2D eigenvalue weighted by molar-refractivity contribution is -0.385. The van der Waals surface area contributed by atoms with Crippen LogP contribution in [0.2, 0.25) is 0 Å². The summed E-state index contributed by atoms with van der Waals surface area (Å²) in [5.74, 6) is -1.92. The van der Waals surface area contributed by atoms with Crippen molar-refractivity contribution in [1.29, 1.82) is 0 Å². The van der Waals surface area contributed by atoms with Crippen molar-refractivity contribution >= 4 is 34.8 Å². The van der Waals surface area contributed by atoms with Crippen molar-refractivity contribution in [1.82, 2.24) is 10.2 Å². The molecule has 3 aromatic rings. The zero-order chi connectivity index (χ0) is 34.7. The van der Waals surface area contributed by atoms with E-state index in [0.717, 1.165) is 30.5 Å². The van der Waals surface area contributed by atoms with E-state index in [1.807, 2.05) is 24.3 Å². The van der Waals surface area contributed by atoms with Crippen LogP contribution in [0.25, 0.3) is 0 Å². The summed E-state index contributed by atoms with van der Waals surface area (Å²) in [4.78, 5) is 54.4. The van der Waals surface area contributed by atoms with Gasteiger partial charge in [-0.25, -0.2) is 0 Å². The van der Waals surface area contributed by atoms with Gasteiger partial charge in [0, 0.05) is 48.8 Å². The quantitative estimate of drug-likeness (QED) is 0.144. The van der Waals surface area contributed by atoms with Gasteiger partial charge < -0.3 is 30.6 Å². The summed E-state index contributed by atoms with van der Waals surface area (Å²) >= 11 is 0. The fraction of sp³-hybridized carbons (Fsp3) is 0.378. The molecule has 256 valence electrons. The fourth-order valence-electron chi connectivity index (χ4n) is 7.13. The predicted octanol–water partition coefficient (Wildman–Crippen LogP) is 3.80. The second kappa shape index (κ2) is 14.3. The maximum Gasteiger partial charge on any atom is 0.269 e. The van der Waals surface area contributed by atoms with Crippen LogP contribution in [0, 0.1) is 22.0 Å². The van der Waals surface area contributed by atoms with Gasteiger partial charge in [-0.2, -0.15) is 0 Å². The number of benzene rings is 3. The molecule has 0 aromatic heterocycles. The number of aliphatic hydroxyl groups excluding tert-OH is 1. The molecular formula is C37H41N5O7. The third-order valence-electron chi connectivity index (χ3n) is 9.93. The molecule has 4 atom stereocenters. The van der Waals surface area contributed by atoms with Gasteiger partial charge in [0.15, 0.2) is 5.60 Å². The molecule has 3 amide bonds. The number of rotatable bonds is 10. The van der Waals surface area contributed by atoms with E-state index in [4.69, 9.17) is 0 Å². The van der Waals surface area contributed by atoms with Crippen molar-refractivity contribution in [3.05, 3.63) is 111 Å². The Morgan fingerprint density at radius 1 is 1.14 bits per heavy atom. The Morgan fingerprint density at radius 3 is 2.67 bits per heavy atom. The molecule has 0 aliphatic carbocycles. The zero-order valence-corrected chi connectivity index (χ0v) is 27.4. The highest BCUT2D eigenvalue weighted by molar-refractivity contribution is 6.07. The number of hydrogen-bond acceptors (Lipinski definition) is 8. The first-order chi connectivity index (χ1) is 23.6. The van der Waals surface area contributed by atoms with E-state index in [2.05, 4.69) is 10.6 Å². The molecule has 0 spiro atoms. The predicted molar refractivity (Wildman–Crippen MR) is 183 cm³/mol. The number of nitrogens with zero attached hydrogens (tertiary/aromatic N) is 3. The maximum absolute atomic E-state index is 14.1. The van der Waals surface area contributed by atoms with E-state index >= 15 is 0 Å². The third kappa shape index (κ3) is 6.85. The number of fused-ring (bicyclic) bond motifs is 2. The van der Waals surface area contributed by atoms with Crippen molar-refractivity contribution in [2.75, 3.05) is 29.9 Å². The Kier molecular flexibility index (Phi) is 9.91. The van der Waals surface area contributed by atoms with Crippen molar-refractivity contribution in [3.8, 4) is 0 Å². The number of nitrogens with one attached hydrogen (secondary N) is 2. The Bertz CT molecular complexity index is 1790. The molecule has 3 aromatic carbocycles. The molecule has 1 saturated heterocycles. The number of nitro benzene ring substituents is 1. The second-order valence-corrected chi connectivity index (χ2v) is 13.1. The topological polar surface area (TPSA) is 165 Å².